The van der Waals surface area contributed by atoms with Gasteiger partial charge in [0.1, 0.15) is 5.54 Å². The normalized spacial score (nSPS) is 29.8. The standard InChI is InChI=1S/C17H28N2O2/c1-2-15-7-6-10-19(15)16(20)17(8-4-3-5-9-17)18-11-13-21-14-12-18/h6-7,15H,2-5,8-14H2,1H3. The molecule has 0 aromatic rings. The monoisotopic (exact) mass is 292 g/mol. The molecule has 2 aliphatic heterocycles. The van der Waals surface area contributed by atoms with Crippen molar-refractivity contribution >= 4 is 5.91 Å². The minimum absolute atomic E-state index is 0.249. The van der Waals surface area contributed by atoms with Gasteiger partial charge in [0, 0.05) is 19.6 Å². The molecule has 3 aliphatic rings. The predicted molar refractivity (Wildman–Crippen MR) is 83.1 cm³/mol. The second-order valence-electron chi connectivity index (χ2n) is 6.55. The van der Waals surface area contributed by atoms with Crippen molar-refractivity contribution in [2.24, 2.45) is 0 Å². The van der Waals surface area contributed by atoms with Crippen molar-refractivity contribution in [3.05, 3.63) is 12.2 Å². The molecule has 4 nitrogen and oxygen atoms in total. The highest BCUT2D eigenvalue weighted by Gasteiger charge is 2.48. The summed E-state index contributed by atoms with van der Waals surface area (Å²) >= 11 is 0. The third kappa shape index (κ3) is 2.76. The smallest absolute Gasteiger partial charge is 0.243 e. The van der Waals surface area contributed by atoms with Crippen molar-refractivity contribution in [1.29, 1.82) is 0 Å². The lowest BCUT2D eigenvalue weighted by Crippen LogP contribution is -2.63. The Kier molecular flexibility index (Phi) is 4.65. The van der Waals surface area contributed by atoms with E-state index >= 15 is 0 Å². The Morgan fingerprint density at radius 2 is 1.95 bits per heavy atom. The molecule has 0 bridgehead atoms. The van der Waals surface area contributed by atoms with Crippen LogP contribution >= 0.6 is 0 Å². The number of nitrogens with zero attached hydrogens (tertiary/aromatic N) is 2. The molecule has 2 fully saturated rings. The molecule has 1 unspecified atom stereocenters. The Bertz CT molecular complexity index is 396. The lowest BCUT2D eigenvalue weighted by atomic mass is 9.78. The van der Waals surface area contributed by atoms with Crippen LogP contribution in [0, 0.1) is 0 Å². The second-order valence-corrected chi connectivity index (χ2v) is 6.55. The van der Waals surface area contributed by atoms with E-state index in [1.54, 1.807) is 0 Å². The number of carbonyl (C=O) groups excluding carboxylic acids is 1. The van der Waals surface area contributed by atoms with Crippen molar-refractivity contribution < 1.29 is 9.53 Å². The molecule has 1 aliphatic carbocycles. The first-order valence-electron chi connectivity index (χ1n) is 8.58. The van der Waals surface area contributed by atoms with E-state index in [0.29, 0.717) is 11.9 Å². The van der Waals surface area contributed by atoms with E-state index in [1.165, 1.54) is 19.3 Å². The fraction of sp³-hybridized carbons (Fsp3) is 0.824. The molecule has 0 radical (unpaired) electrons. The summed E-state index contributed by atoms with van der Waals surface area (Å²) in [5.74, 6) is 0.376. The topological polar surface area (TPSA) is 32.8 Å². The maximum Gasteiger partial charge on any atom is 0.243 e. The summed E-state index contributed by atoms with van der Waals surface area (Å²) in [6.07, 6.45) is 11.1. The zero-order valence-corrected chi connectivity index (χ0v) is 13.2. The molecule has 1 saturated heterocycles. The van der Waals surface area contributed by atoms with Gasteiger partial charge in [-0.1, -0.05) is 38.3 Å². The van der Waals surface area contributed by atoms with Crippen LogP contribution in [-0.2, 0) is 9.53 Å². The van der Waals surface area contributed by atoms with E-state index in [0.717, 1.165) is 52.1 Å². The second kappa shape index (κ2) is 6.49. The van der Waals surface area contributed by atoms with Gasteiger partial charge in [0.25, 0.3) is 0 Å². The van der Waals surface area contributed by atoms with Gasteiger partial charge < -0.3 is 9.64 Å². The molecule has 0 aromatic carbocycles. The van der Waals surface area contributed by atoms with Crippen LogP contribution < -0.4 is 0 Å². The molecule has 2 heterocycles. The molecule has 1 amide bonds. The Morgan fingerprint density at radius 1 is 1.24 bits per heavy atom. The van der Waals surface area contributed by atoms with Gasteiger partial charge in [-0.15, -0.1) is 0 Å². The molecule has 0 N–H and O–H groups in total. The maximum atomic E-state index is 13.4. The maximum absolute atomic E-state index is 13.4. The zero-order chi connectivity index (χ0) is 14.7. The highest BCUT2D eigenvalue weighted by Crippen LogP contribution is 2.37. The molecule has 118 valence electrons. The third-order valence-corrected chi connectivity index (χ3v) is 5.44. The Morgan fingerprint density at radius 3 is 2.62 bits per heavy atom. The first-order chi connectivity index (χ1) is 10.3. The van der Waals surface area contributed by atoms with Gasteiger partial charge in [0.2, 0.25) is 5.91 Å². The summed E-state index contributed by atoms with van der Waals surface area (Å²) in [5.41, 5.74) is -0.249. The van der Waals surface area contributed by atoms with Gasteiger partial charge >= 0.3 is 0 Å². The first kappa shape index (κ1) is 15.0. The van der Waals surface area contributed by atoms with Crippen LogP contribution in [0.2, 0.25) is 0 Å². The van der Waals surface area contributed by atoms with Gasteiger partial charge in [0.15, 0.2) is 0 Å². The number of ether oxygens (including phenoxy) is 1. The summed E-state index contributed by atoms with van der Waals surface area (Å²) in [7, 11) is 0. The molecule has 0 aromatic heterocycles. The summed E-state index contributed by atoms with van der Waals surface area (Å²) in [4.78, 5) is 17.9. The fourth-order valence-electron chi connectivity index (χ4n) is 4.22. The number of morpholine rings is 1. The Labute approximate surface area is 128 Å². The van der Waals surface area contributed by atoms with Crippen LogP contribution in [0.4, 0.5) is 0 Å². The van der Waals surface area contributed by atoms with Crippen molar-refractivity contribution in [3.63, 3.8) is 0 Å². The SMILES string of the molecule is CCC1C=CCN1C(=O)C1(N2CCOCC2)CCCCC1. The largest absolute Gasteiger partial charge is 0.379 e. The Balaban J connectivity index is 1.82. The molecule has 1 atom stereocenters. The summed E-state index contributed by atoms with van der Waals surface area (Å²) in [6, 6.07) is 0.303. The minimum Gasteiger partial charge on any atom is -0.379 e. The first-order valence-corrected chi connectivity index (χ1v) is 8.58. The van der Waals surface area contributed by atoms with Gasteiger partial charge in [-0.05, 0) is 19.3 Å². The van der Waals surface area contributed by atoms with Gasteiger partial charge in [-0.3, -0.25) is 9.69 Å². The minimum atomic E-state index is -0.249. The van der Waals surface area contributed by atoms with E-state index < -0.39 is 0 Å². The van der Waals surface area contributed by atoms with E-state index in [-0.39, 0.29) is 5.54 Å². The number of carbonyl (C=O) groups is 1. The van der Waals surface area contributed by atoms with Crippen molar-refractivity contribution in [3.8, 4) is 0 Å². The van der Waals surface area contributed by atoms with E-state index in [1.807, 2.05) is 0 Å². The molecule has 4 heteroatoms. The fourth-order valence-corrected chi connectivity index (χ4v) is 4.22. The van der Waals surface area contributed by atoms with Gasteiger partial charge in [-0.25, -0.2) is 0 Å². The predicted octanol–water partition coefficient (Wildman–Crippen LogP) is 2.20. The zero-order valence-electron chi connectivity index (χ0n) is 13.2. The molecular weight excluding hydrogens is 264 g/mol. The highest BCUT2D eigenvalue weighted by molar-refractivity contribution is 5.87. The summed E-state index contributed by atoms with van der Waals surface area (Å²) in [6.45, 7) is 6.31. The third-order valence-electron chi connectivity index (χ3n) is 5.44. The van der Waals surface area contributed by atoms with Crippen molar-refractivity contribution in [2.45, 2.75) is 57.0 Å². The van der Waals surface area contributed by atoms with Crippen molar-refractivity contribution in [2.75, 3.05) is 32.8 Å². The number of rotatable bonds is 3. The lowest BCUT2D eigenvalue weighted by Gasteiger charge is -2.48. The molecular formula is C17H28N2O2. The number of hydrogen-bond acceptors (Lipinski definition) is 3. The van der Waals surface area contributed by atoms with E-state index in [4.69, 9.17) is 4.74 Å². The molecule has 0 spiro atoms. The van der Waals surface area contributed by atoms with E-state index in [9.17, 15) is 4.79 Å². The quantitative estimate of drug-likeness (QED) is 0.748. The average Bonchev–Trinajstić information content (AvgIpc) is 3.04. The van der Waals surface area contributed by atoms with Crippen LogP contribution in [0.5, 0.6) is 0 Å². The Hall–Kier alpha value is -0.870. The highest BCUT2D eigenvalue weighted by atomic mass is 16.5. The van der Waals surface area contributed by atoms with E-state index in [2.05, 4.69) is 28.9 Å². The molecule has 21 heavy (non-hydrogen) atoms. The molecule has 3 rings (SSSR count). The summed E-state index contributed by atoms with van der Waals surface area (Å²) < 4.78 is 5.50. The van der Waals surface area contributed by atoms with Crippen LogP contribution in [-0.4, -0.2) is 60.1 Å². The van der Waals surface area contributed by atoms with Gasteiger partial charge in [0.05, 0.1) is 19.3 Å². The van der Waals surface area contributed by atoms with Crippen LogP contribution in [0.15, 0.2) is 12.2 Å². The lowest BCUT2D eigenvalue weighted by molar-refractivity contribution is -0.151. The average molecular weight is 292 g/mol. The molecule has 1 saturated carbocycles. The number of hydrogen-bond donors (Lipinski definition) is 0. The van der Waals surface area contributed by atoms with Gasteiger partial charge in [-0.2, -0.15) is 0 Å². The summed E-state index contributed by atoms with van der Waals surface area (Å²) in [5, 5.41) is 0. The van der Waals surface area contributed by atoms with Crippen molar-refractivity contribution in [1.82, 2.24) is 9.80 Å². The van der Waals surface area contributed by atoms with Crippen LogP contribution in [0.1, 0.15) is 45.4 Å². The van der Waals surface area contributed by atoms with Crippen LogP contribution in [0.3, 0.4) is 0 Å². The number of amides is 1. The van der Waals surface area contributed by atoms with Crippen LogP contribution in [0.25, 0.3) is 0 Å².